The molecular formula is C26H36F2. The molecule has 28 heavy (non-hydrogen) atoms. The zero-order chi connectivity index (χ0) is 19.9. The summed E-state index contributed by atoms with van der Waals surface area (Å²) >= 11 is 0. The van der Waals surface area contributed by atoms with E-state index in [1.807, 2.05) is 12.1 Å². The average molecular weight is 387 g/mol. The van der Waals surface area contributed by atoms with Crippen molar-refractivity contribution in [2.75, 3.05) is 0 Å². The maximum atomic E-state index is 15.1. The number of allylic oxidation sites excluding steroid dienone is 4. The number of unbranched alkanes of at least 4 members (excludes halogenated alkanes) is 2. The molecule has 2 aliphatic rings. The number of hydrogen-bond acceptors (Lipinski definition) is 0. The zero-order valence-corrected chi connectivity index (χ0v) is 17.8. The lowest BCUT2D eigenvalue weighted by Gasteiger charge is -2.24. The summed E-state index contributed by atoms with van der Waals surface area (Å²) in [5, 5.41) is 0. The predicted octanol–water partition coefficient (Wildman–Crippen LogP) is 8.86. The molecule has 0 fully saturated rings. The van der Waals surface area contributed by atoms with E-state index in [-0.39, 0.29) is 0 Å². The maximum absolute atomic E-state index is 15.1. The Labute approximate surface area is 170 Å². The van der Waals surface area contributed by atoms with Crippen molar-refractivity contribution < 1.29 is 8.78 Å². The molecule has 1 unspecified atom stereocenters. The highest BCUT2D eigenvalue weighted by molar-refractivity contribution is 5.74. The van der Waals surface area contributed by atoms with E-state index >= 15 is 8.78 Å². The van der Waals surface area contributed by atoms with Crippen LogP contribution in [0, 0.1) is 17.6 Å². The molecule has 0 heterocycles. The molecule has 2 heteroatoms. The summed E-state index contributed by atoms with van der Waals surface area (Å²) in [6, 6.07) is 3.68. The maximum Gasteiger partial charge on any atom is 0.166 e. The first-order chi connectivity index (χ1) is 13.7. The highest BCUT2D eigenvalue weighted by Gasteiger charge is 2.23. The molecule has 0 aromatic heterocycles. The van der Waals surface area contributed by atoms with E-state index in [1.54, 1.807) is 0 Å². The fraction of sp³-hybridized carbons (Fsp3) is 0.615. The van der Waals surface area contributed by atoms with Gasteiger partial charge in [-0.2, -0.15) is 0 Å². The van der Waals surface area contributed by atoms with Gasteiger partial charge in [-0.3, -0.25) is 0 Å². The molecule has 3 rings (SSSR count). The first-order valence-electron chi connectivity index (χ1n) is 11.5. The quantitative estimate of drug-likeness (QED) is 0.391. The third-order valence-electron chi connectivity index (χ3n) is 6.62. The molecule has 0 N–H and O–H groups in total. The van der Waals surface area contributed by atoms with Crippen LogP contribution in [0.4, 0.5) is 8.78 Å². The van der Waals surface area contributed by atoms with Gasteiger partial charge in [0.15, 0.2) is 11.6 Å². The summed E-state index contributed by atoms with van der Waals surface area (Å²) in [7, 11) is 0. The fourth-order valence-corrected chi connectivity index (χ4v) is 4.98. The molecule has 154 valence electrons. The van der Waals surface area contributed by atoms with Crippen molar-refractivity contribution >= 4 is 11.1 Å². The SMILES string of the molecule is CCCCCC1CC=C(c2ccc(C3=C(CCC)CCCC3)c(F)c2F)CC1. The predicted molar refractivity (Wildman–Crippen MR) is 116 cm³/mol. The Morgan fingerprint density at radius 3 is 2.36 bits per heavy atom. The molecule has 1 aromatic carbocycles. The minimum Gasteiger partial charge on any atom is -0.203 e. The second-order valence-electron chi connectivity index (χ2n) is 8.69. The van der Waals surface area contributed by atoms with Crippen LogP contribution in [0.5, 0.6) is 0 Å². The molecule has 0 saturated heterocycles. The summed E-state index contributed by atoms with van der Waals surface area (Å²) in [6.07, 6.45) is 16.5. The van der Waals surface area contributed by atoms with Crippen molar-refractivity contribution in [1.82, 2.24) is 0 Å². The van der Waals surface area contributed by atoms with Gasteiger partial charge >= 0.3 is 0 Å². The standard InChI is InChI=1S/C26H36F2/c1-3-5-6-10-19-13-15-21(16-14-19)23-17-18-24(26(28)25(23)27)22-12-8-7-11-20(22)9-4-2/h15,17-19H,3-14,16H2,1-2H3. The molecule has 0 aliphatic heterocycles. The third-order valence-corrected chi connectivity index (χ3v) is 6.62. The first-order valence-corrected chi connectivity index (χ1v) is 11.5. The van der Waals surface area contributed by atoms with Gasteiger partial charge in [0, 0.05) is 11.1 Å². The topological polar surface area (TPSA) is 0 Å². The van der Waals surface area contributed by atoms with Crippen LogP contribution in [-0.2, 0) is 0 Å². The Bertz CT molecular complexity index is 726. The van der Waals surface area contributed by atoms with Crippen molar-refractivity contribution in [3.63, 3.8) is 0 Å². The molecule has 0 saturated carbocycles. The van der Waals surface area contributed by atoms with Gasteiger partial charge in [-0.1, -0.05) is 69.7 Å². The zero-order valence-electron chi connectivity index (χ0n) is 17.8. The van der Waals surface area contributed by atoms with E-state index < -0.39 is 11.6 Å². The van der Waals surface area contributed by atoms with Gasteiger partial charge in [-0.15, -0.1) is 0 Å². The Hall–Kier alpha value is -1.44. The molecule has 0 amide bonds. The second-order valence-corrected chi connectivity index (χ2v) is 8.69. The van der Waals surface area contributed by atoms with Gasteiger partial charge < -0.3 is 0 Å². The van der Waals surface area contributed by atoms with Gasteiger partial charge in [0.2, 0.25) is 0 Å². The summed E-state index contributed by atoms with van der Waals surface area (Å²) in [6.45, 7) is 4.39. The molecule has 0 bridgehead atoms. The van der Waals surface area contributed by atoms with Gasteiger partial charge in [-0.05, 0) is 68.4 Å². The van der Waals surface area contributed by atoms with Gasteiger partial charge in [-0.25, -0.2) is 8.78 Å². The fourth-order valence-electron chi connectivity index (χ4n) is 4.98. The van der Waals surface area contributed by atoms with Crippen molar-refractivity contribution in [3.05, 3.63) is 46.5 Å². The summed E-state index contributed by atoms with van der Waals surface area (Å²) in [5.41, 5.74) is 4.41. The Morgan fingerprint density at radius 2 is 1.64 bits per heavy atom. The molecule has 0 nitrogen and oxygen atoms in total. The second kappa shape index (κ2) is 10.4. The van der Waals surface area contributed by atoms with E-state index in [2.05, 4.69) is 19.9 Å². The van der Waals surface area contributed by atoms with Crippen molar-refractivity contribution in [2.45, 2.75) is 97.3 Å². The lowest BCUT2D eigenvalue weighted by molar-refractivity contribution is 0.427. The number of hydrogen-bond donors (Lipinski definition) is 0. The Balaban J connectivity index is 1.79. The Kier molecular flexibility index (Phi) is 7.88. The molecule has 2 aliphatic carbocycles. The highest BCUT2D eigenvalue weighted by Crippen LogP contribution is 2.39. The molecule has 0 radical (unpaired) electrons. The molecule has 1 aromatic rings. The van der Waals surface area contributed by atoms with Crippen LogP contribution in [0.3, 0.4) is 0 Å². The summed E-state index contributed by atoms with van der Waals surface area (Å²) in [5.74, 6) is -0.553. The lowest BCUT2D eigenvalue weighted by atomic mass is 9.82. The van der Waals surface area contributed by atoms with Crippen molar-refractivity contribution in [1.29, 1.82) is 0 Å². The van der Waals surface area contributed by atoms with Gasteiger partial charge in [0.25, 0.3) is 0 Å². The van der Waals surface area contributed by atoms with Crippen LogP contribution >= 0.6 is 0 Å². The van der Waals surface area contributed by atoms with Crippen LogP contribution < -0.4 is 0 Å². The normalized spacial score (nSPS) is 20.4. The van der Waals surface area contributed by atoms with Crippen molar-refractivity contribution in [2.24, 2.45) is 5.92 Å². The van der Waals surface area contributed by atoms with Crippen LogP contribution in [0.1, 0.15) is 108 Å². The lowest BCUT2D eigenvalue weighted by Crippen LogP contribution is -2.08. The van der Waals surface area contributed by atoms with E-state index in [9.17, 15) is 0 Å². The smallest absolute Gasteiger partial charge is 0.166 e. The summed E-state index contributed by atoms with van der Waals surface area (Å²) < 4.78 is 30.1. The summed E-state index contributed by atoms with van der Waals surface area (Å²) in [4.78, 5) is 0. The van der Waals surface area contributed by atoms with E-state index in [4.69, 9.17) is 0 Å². The average Bonchev–Trinajstić information content (AvgIpc) is 2.72. The van der Waals surface area contributed by atoms with Crippen molar-refractivity contribution in [3.8, 4) is 0 Å². The monoisotopic (exact) mass is 386 g/mol. The minimum absolute atomic E-state index is 0.488. The Morgan fingerprint density at radius 1 is 0.893 bits per heavy atom. The number of benzene rings is 1. The largest absolute Gasteiger partial charge is 0.203 e. The highest BCUT2D eigenvalue weighted by atomic mass is 19.2. The minimum atomic E-state index is -0.637. The van der Waals surface area contributed by atoms with E-state index in [0.717, 1.165) is 62.5 Å². The van der Waals surface area contributed by atoms with Gasteiger partial charge in [0.05, 0.1) is 0 Å². The van der Waals surface area contributed by atoms with E-state index in [0.29, 0.717) is 17.0 Å². The van der Waals surface area contributed by atoms with Crippen LogP contribution in [0.15, 0.2) is 23.8 Å². The van der Waals surface area contributed by atoms with Crippen LogP contribution in [-0.4, -0.2) is 0 Å². The van der Waals surface area contributed by atoms with Crippen LogP contribution in [0.2, 0.25) is 0 Å². The van der Waals surface area contributed by atoms with Crippen LogP contribution in [0.25, 0.3) is 11.1 Å². The first kappa shape index (κ1) is 21.3. The van der Waals surface area contributed by atoms with E-state index in [1.165, 1.54) is 37.7 Å². The van der Waals surface area contributed by atoms with Gasteiger partial charge in [0.1, 0.15) is 0 Å². The molecular weight excluding hydrogens is 350 g/mol. The molecule has 1 atom stereocenters. The number of halogens is 2. The number of rotatable bonds is 8. The molecule has 0 spiro atoms. The third kappa shape index (κ3) is 4.93.